The lowest BCUT2D eigenvalue weighted by Gasteiger charge is -2.21. The number of unbranched alkanes of at least 4 members (excludes halogenated alkanes) is 1. The topological polar surface area (TPSA) is 94.6 Å². The van der Waals surface area contributed by atoms with E-state index in [0.29, 0.717) is 26.1 Å². The molecule has 3 rings (SSSR count). The summed E-state index contributed by atoms with van der Waals surface area (Å²) >= 11 is 0. The SMILES string of the molecule is O=C(O)CC1CCN(C(=O)CNCCCCNc2ccccn2)Cc2ccccc21. The van der Waals surface area contributed by atoms with Gasteiger partial charge in [-0.25, -0.2) is 4.98 Å². The number of aromatic nitrogens is 1. The average molecular weight is 411 g/mol. The number of hydrogen-bond acceptors (Lipinski definition) is 5. The van der Waals surface area contributed by atoms with Gasteiger partial charge in [-0.3, -0.25) is 9.59 Å². The van der Waals surface area contributed by atoms with Crippen LogP contribution in [-0.4, -0.2) is 53.0 Å². The van der Waals surface area contributed by atoms with E-state index in [1.165, 1.54) is 0 Å². The smallest absolute Gasteiger partial charge is 0.303 e. The van der Waals surface area contributed by atoms with Gasteiger partial charge in [0.05, 0.1) is 13.0 Å². The molecule has 1 aliphatic rings. The minimum atomic E-state index is -0.797. The molecule has 0 bridgehead atoms. The van der Waals surface area contributed by atoms with Crippen LogP contribution < -0.4 is 10.6 Å². The maximum absolute atomic E-state index is 12.7. The van der Waals surface area contributed by atoms with Crippen molar-refractivity contribution >= 4 is 17.7 Å². The summed E-state index contributed by atoms with van der Waals surface area (Å²) in [5.41, 5.74) is 2.11. The Morgan fingerprint density at radius 1 is 1.10 bits per heavy atom. The van der Waals surface area contributed by atoms with Gasteiger partial charge in [0, 0.05) is 25.8 Å². The molecule has 1 aromatic carbocycles. The lowest BCUT2D eigenvalue weighted by Crippen LogP contribution is -2.38. The first-order valence-corrected chi connectivity index (χ1v) is 10.6. The van der Waals surface area contributed by atoms with Gasteiger partial charge in [0.1, 0.15) is 5.82 Å². The van der Waals surface area contributed by atoms with Crippen LogP contribution in [0.4, 0.5) is 5.82 Å². The van der Waals surface area contributed by atoms with Crippen LogP contribution in [0.3, 0.4) is 0 Å². The van der Waals surface area contributed by atoms with E-state index in [2.05, 4.69) is 15.6 Å². The summed E-state index contributed by atoms with van der Waals surface area (Å²) in [7, 11) is 0. The molecule has 160 valence electrons. The quantitative estimate of drug-likeness (QED) is 0.522. The second-order valence-electron chi connectivity index (χ2n) is 7.62. The second kappa shape index (κ2) is 11.3. The fourth-order valence-corrected chi connectivity index (χ4v) is 3.83. The molecule has 7 heteroatoms. The molecule has 1 aromatic heterocycles. The van der Waals surface area contributed by atoms with E-state index in [1.807, 2.05) is 47.4 Å². The Kier molecular flexibility index (Phi) is 8.20. The number of nitrogens with one attached hydrogen (secondary N) is 2. The number of anilines is 1. The number of carbonyl (C=O) groups is 2. The van der Waals surface area contributed by atoms with Gasteiger partial charge in [-0.2, -0.15) is 0 Å². The highest BCUT2D eigenvalue weighted by atomic mass is 16.4. The highest BCUT2D eigenvalue weighted by molar-refractivity contribution is 5.78. The van der Waals surface area contributed by atoms with Gasteiger partial charge < -0.3 is 20.6 Å². The average Bonchev–Trinajstić information content (AvgIpc) is 2.93. The van der Waals surface area contributed by atoms with Crippen LogP contribution in [0.25, 0.3) is 0 Å². The van der Waals surface area contributed by atoms with Crippen molar-refractivity contribution in [1.29, 1.82) is 0 Å². The van der Waals surface area contributed by atoms with E-state index < -0.39 is 5.97 Å². The van der Waals surface area contributed by atoms with Crippen molar-refractivity contribution in [2.45, 2.75) is 38.1 Å². The number of carbonyl (C=O) groups excluding carboxylic acids is 1. The van der Waals surface area contributed by atoms with Crippen molar-refractivity contribution in [1.82, 2.24) is 15.2 Å². The van der Waals surface area contributed by atoms with Crippen LogP contribution in [0.2, 0.25) is 0 Å². The van der Waals surface area contributed by atoms with Crippen molar-refractivity contribution in [2.75, 3.05) is 31.5 Å². The zero-order chi connectivity index (χ0) is 21.2. The van der Waals surface area contributed by atoms with Crippen LogP contribution in [0.1, 0.15) is 42.7 Å². The molecule has 0 fully saturated rings. The van der Waals surface area contributed by atoms with Crippen molar-refractivity contribution < 1.29 is 14.7 Å². The molecule has 1 aliphatic heterocycles. The number of aliphatic carboxylic acids is 1. The number of pyridine rings is 1. The standard InChI is InChI=1S/C23H30N4O3/c28-22(16-24-11-5-6-13-26-21-9-3-4-12-25-21)27-14-10-18(15-23(29)30)20-8-2-1-7-19(20)17-27/h1-4,7-9,12,18,24H,5-6,10-11,13-17H2,(H,25,26)(H,29,30). The lowest BCUT2D eigenvalue weighted by molar-refractivity contribution is -0.137. The number of rotatable bonds is 10. The third-order valence-corrected chi connectivity index (χ3v) is 5.40. The monoisotopic (exact) mass is 410 g/mol. The maximum atomic E-state index is 12.7. The van der Waals surface area contributed by atoms with E-state index in [9.17, 15) is 14.7 Å². The number of benzene rings is 1. The number of carboxylic acid groups (broad SMARTS) is 1. The summed E-state index contributed by atoms with van der Waals surface area (Å²) < 4.78 is 0. The van der Waals surface area contributed by atoms with E-state index in [1.54, 1.807) is 6.20 Å². The Bertz CT molecular complexity index is 828. The van der Waals surface area contributed by atoms with Gasteiger partial charge in [0.2, 0.25) is 5.91 Å². The molecule has 30 heavy (non-hydrogen) atoms. The molecular formula is C23H30N4O3. The first-order valence-electron chi connectivity index (χ1n) is 10.6. The van der Waals surface area contributed by atoms with Gasteiger partial charge in [0.15, 0.2) is 0 Å². The van der Waals surface area contributed by atoms with Crippen molar-refractivity contribution in [2.24, 2.45) is 0 Å². The molecule has 0 aliphatic carbocycles. The van der Waals surface area contributed by atoms with Crippen molar-refractivity contribution in [3.63, 3.8) is 0 Å². The minimum absolute atomic E-state index is 0.0453. The minimum Gasteiger partial charge on any atom is -0.481 e. The van der Waals surface area contributed by atoms with E-state index in [0.717, 1.165) is 42.9 Å². The molecule has 0 saturated carbocycles. The zero-order valence-electron chi connectivity index (χ0n) is 17.2. The summed E-state index contributed by atoms with van der Waals surface area (Å²) in [5, 5.41) is 15.7. The van der Waals surface area contributed by atoms with Gasteiger partial charge in [0.25, 0.3) is 0 Å². The third kappa shape index (κ3) is 6.56. The number of nitrogens with zero attached hydrogens (tertiary/aromatic N) is 2. The molecule has 1 amide bonds. The Balaban J connectivity index is 1.40. The van der Waals surface area contributed by atoms with E-state index >= 15 is 0 Å². The Morgan fingerprint density at radius 2 is 1.90 bits per heavy atom. The first-order chi connectivity index (χ1) is 14.6. The zero-order valence-corrected chi connectivity index (χ0v) is 17.2. The van der Waals surface area contributed by atoms with E-state index in [-0.39, 0.29) is 18.2 Å². The molecule has 2 aromatic rings. The van der Waals surface area contributed by atoms with Crippen LogP contribution in [0.5, 0.6) is 0 Å². The Labute approximate surface area is 177 Å². The van der Waals surface area contributed by atoms with Crippen LogP contribution in [0, 0.1) is 0 Å². The number of hydrogen-bond donors (Lipinski definition) is 3. The molecule has 1 unspecified atom stereocenters. The third-order valence-electron chi connectivity index (χ3n) is 5.40. The van der Waals surface area contributed by atoms with Gasteiger partial charge >= 0.3 is 5.97 Å². The second-order valence-corrected chi connectivity index (χ2v) is 7.62. The van der Waals surface area contributed by atoms with Crippen molar-refractivity contribution in [3.05, 3.63) is 59.8 Å². The summed E-state index contributed by atoms with van der Waals surface area (Å²) in [6.45, 7) is 3.06. The molecule has 7 nitrogen and oxygen atoms in total. The maximum Gasteiger partial charge on any atom is 0.303 e. The highest BCUT2D eigenvalue weighted by Crippen LogP contribution is 2.31. The Morgan fingerprint density at radius 3 is 2.70 bits per heavy atom. The molecule has 0 saturated heterocycles. The number of amides is 1. The molecule has 2 heterocycles. The molecule has 0 spiro atoms. The van der Waals surface area contributed by atoms with Crippen molar-refractivity contribution in [3.8, 4) is 0 Å². The molecule has 3 N–H and O–H groups in total. The molecule has 1 atom stereocenters. The predicted molar refractivity (Wildman–Crippen MR) is 116 cm³/mol. The van der Waals surface area contributed by atoms with Crippen LogP contribution in [0.15, 0.2) is 48.7 Å². The first kappa shape index (κ1) is 21.8. The van der Waals surface area contributed by atoms with Crippen LogP contribution in [-0.2, 0) is 16.1 Å². The summed E-state index contributed by atoms with van der Waals surface area (Å²) in [4.78, 5) is 30.0. The normalized spacial score (nSPS) is 15.9. The largest absolute Gasteiger partial charge is 0.481 e. The van der Waals surface area contributed by atoms with Gasteiger partial charge in [-0.1, -0.05) is 30.3 Å². The van der Waals surface area contributed by atoms with E-state index in [4.69, 9.17) is 0 Å². The van der Waals surface area contributed by atoms with Crippen LogP contribution >= 0.6 is 0 Å². The lowest BCUT2D eigenvalue weighted by atomic mass is 9.90. The highest BCUT2D eigenvalue weighted by Gasteiger charge is 2.26. The summed E-state index contributed by atoms with van der Waals surface area (Å²) in [5.74, 6) is 0.0977. The van der Waals surface area contributed by atoms with Gasteiger partial charge in [-0.05, 0) is 55.0 Å². The fourth-order valence-electron chi connectivity index (χ4n) is 3.83. The molecule has 0 radical (unpaired) electrons. The molecular weight excluding hydrogens is 380 g/mol. The summed E-state index contributed by atoms with van der Waals surface area (Å²) in [6, 6.07) is 13.7. The fraction of sp³-hybridized carbons (Fsp3) is 0.435. The predicted octanol–water partition coefficient (Wildman–Crippen LogP) is 2.85. The number of carboxylic acids is 1. The summed E-state index contributed by atoms with van der Waals surface area (Å²) in [6.07, 6.45) is 4.50. The van der Waals surface area contributed by atoms with Gasteiger partial charge in [-0.15, -0.1) is 0 Å². The number of fused-ring (bicyclic) bond motifs is 1. The Hall–Kier alpha value is -2.93.